The zero-order valence-corrected chi connectivity index (χ0v) is 12.0. The third-order valence-corrected chi connectivity index (χ3v) is 3.63. The first-order valence-corrected chi connectivity index (χ1v) is 7.28. The van der Waals surface area contributed by atoms with Crippen LogP contribution in [-0.4, -0.2) is 17.8 Å². The molecule has 0 spiro atoms. The van der Waals surface area contributed by atoms with Crippen LogP contribution in [0.25, 0.3) is 0 Å². The largest absolute Gasteiger partial charge is 0.395 e. The van der Waals surface area contributed by atoms with Crippen LogP contribution in [0.2, 0.25) is 0 Å². The summed E-state index contributed by atoms with van der Waals surface area (Å²) in [6.07, 6.45) is 1.89. The smallest absolute Gasteiger partial charge is 0.0587 e. The maximum Gasteiger partial charge on any atom is 0.0587 e. The van der Waals surface area contributed by atoms with E-state index in [2.05, 4.69) is 48.6 Å². The second-order valence-corrected chi connectivity index (χ2v) is 5.07. The van der Waals surface area contributed by atoms with E-state index >= 15 is 0 Å². The molecule has 0 aliphatic rings. The summed E-state index contributed by atoms with van der Waals surface area (Å²) < 4.78 is 0. The van der Waals surface area contributed by atoms with E-state index in [1.807, 2.05) is 18.2 Å². The molecule has 2 aromatic carbocycles. The normalized spacial score (nSPS) is 12.3. The van der Waals surface area contributed by atoms with E-state index in [1.54, 1.807) is 0 Å². The SMILES string of the molecule is CCc1ccccc1CN[C@@H](CO)Cc1ccccc1. The van der Waals surface area contributed by atoms with Crippen molar-refractivity contribution in [1.29, 1.82) is 0 Å². The van der Waals surface area contributed by atoms with E-state index in [-0.39, 0.29) is 12.6 Å². The van der Waals surface area contributed by atoms with E-state index in [0.29, 0.717) is 0 Å². The molecule has 0 aliphatic heterocycles. The fraction of sp³-hybridized carbons (Fsp3) is 0.333. The molecule has 0 saturated heterocycles. The monoisotopic (exact) mass is 269 g/mol. The molecule has 1 atom stereocenters. The van der Waals surface area contributed by atoms with Crippen molar-refractivity contribution in [3.05, 3.63) is 71.3 Å². The molecule has 0 fully saturated rings. The summed E-state index contributed by atoms with van der Waals surface area (Å²) in [5.74, 6) is 0. The number of nitrogens with one attached hydrogen (secondary N) is 1. The molecule has 20 heavy (non-hydrogen) atoms. The number of rotatable bonds is 7. The average molecular weight is 269 g/mol. The highest BCUT2D eigenvalue weighted by molar-refractivity contribution is 5.27. The first-order chi connectivity index (χ1) is 9.83. The molecule has 0 aromatic heterocycles. The van der Waals surface area contributed by atoms with Crippen molar-refractivity contribution in [3.63, 3.8) is 0 Å². The second-order valence-electron chi connectivity index (χ2n) is 5.07. The summed E-state index contributed by atoms with van der Waals surface area (Å²) >= 11 is 0. The van der Waals surface area contributed by atoms with Crippen LogP contribution in [0.1, 0.15) is 23.6 Å². The highest BCUT2D eigenvalue weighted by Gasteiger charge is 2.08. The molecule has 0 bridgehead atoms. The predicted molar refractivity (Wildman–Crippen MR) is 83.7 cm³/mol. The highest BCUT2D eigenvalue weighted by Crippen LogP contribution is 2.10. The topological polar surface area (TPSA) is 32.3 Å². The minimum Gasteiger partial charge on any atom is -0.395 e. The molecule has 0 saturated carbocycles. The fourth-order valence-corrected chi connectivity index (χ4v) is 2.43. The first-order valence-electron chi connectivity index (χ1n) is 7.28. The van der Waals surface area contributed by atoms with Crippen LogP contribution in [0.3, 0.4) is 0 Å². The van der Waals surface area contributed by atoms with Crippen molar-refractivity contribution in [2.24, 2.45) is 0 Å². The highest BCUT2D eigenvalue weighted by atomic mass is 16.3. The van der Waals surface area contributed by atoms with Gasteiger partial charge in [0.2, 0.25) is 0 Å². The molecule has 2 heteroatoms. The quantitative estimate of drug-likeness (QED) is 0.810. The van der Waals surface area contributed by atoms with Gasteiger partial charge in [-0.25, -0.2) is 0 Å². The van der Waals surface area contributed by atoms with Gasteiger partial charge in [0.1, 0.15) is 0 Å². The van der Waals surface area contributed by atoms with Gasteiger partial charge in [-0.15, -0.1) is 0 Å². The van der Waals surface area contributed by atoms with Crippen LogP contribution in [0.4, 0.5) is 0 Å². The number of hydrogen-bond donors (Lipinski definition) is 2. The van der Waals surface area contributed by atoms with Crippen molar-refractivity contribution in [2.75, 3.05) is 6.61 Å². The molecule has 0 radical (unpaired) electrons. The lowest BCUT2D eigenvalue weighted by Gasteiger charge is -2.17. The summed E-state index contributed by atoms with van der Waals surface area (Å²) in [5.41, 5.74) is 3.95. The van der Waals surface area contributed by atoms with Gasteiger partial charge < -0.3 is 10.4 Å². The number of aryl methyl sites for hydroxylation is 1. The van der Waals surface area contributed by atoms with E-state index in [4.69, 9.17) is 0 Å². The van der Waals surface area contributed by atoms with Crippen LogP contribution in [0, 0.1) is 0 Å². The molecule has 2 nitrogen and oxygen atoms in total. The predicted octanol–water partition coefficient (Wildman–Crippen LogP) is 2.94. The Bertz CT molecular complexity index is 510. The minimum absolute atomic E-state index is 0.0994. The van der Waals surface area contributed by atoms with Gasteiger partial charge in [0.05, 0.1) is 6.61 Å². The summed E-state index contributed by atoms with van der Waals surface area (Å²) in [4.78, 5) is 0. The van der Waals surface area contributed by atoms with Gasteiger partial charge >= 0.3 is 0 Å². The molecule has 2 rings (SSSR count). The summed E-state index contributed by atoms with van der Waals surface area (Å²) in [6, 6.07) is 18.9. The van der Waals surface area contributed by atoms with Crippen LogP contribution < -0.4 is 5.32 Å². The Labute approximate surface area is 121 Å². The number of benzene rings is 2. The van der Waals surface area contributed by atoms with Crippen LogP contribution in [0.5, 0.6) is 0 Å². The Balaban J connectivity index is 1.94. The van der Waals surface area contributed by atoms with Gasteiger partial charge in [0.15, 0.2) is 0 Å². The summed E-state index contributed by atoms with van der Waals surface area (Å²) in [7, 11) is 0. The van der Waals surface area contributed by atoms with Gasteiger partial charge in [-0.2, -0.15) is 0 Å². The summed E-state index contributed by atoms with van der Waals surface area (Å²) in [6.45, 7) is 3.14. The molecular weight excluding hydrogens is 246 g/mol. The average Bonchev–Trinajstić information content (AvgIpc) is 2.52. The maximum absolute atomic E-state index is 9.53. The van der Waals surface area contributed by atoms with Crippen molar-refractivity contribution in [1.82, 2.24) is 5.32 Å². The zero-order chi connectivity index (χ0) is 14.2. The number of aliphatic hydroxyl groups is 1. The first kappa shape index (κ1) is 14.8. The molecular formula is C18H23NO. The zero-order valence-electron chi connectivity index (χ0n) is 12.0. The van der Waals surface area contributed by atoms with E-state index < -0.39 is 0 Å². The molecule has 0 aliphatic carbocycles. The van der Waals surface area contributed by atoms with Crippen LogP contribution >= 0.6 is 0 Å². The fourth-order valence-electron chi connectivity index (χ4n) is 2.43. The van der Waals surface area contributed by atoms with Crippen LogP contribution in [0.15, 0.2) is 54.6 Å². The van der Waals surface area contributed by atoms with Crippen molar-refractivity contribution < 1.29 is 5.11 Å². The van der Waals surface area contributed by atoms with Gasteiger partial charge in [0.25, 0.3) is 0 Å². The Morgan fingerprint density at radius 1 is 0.950 bits per heavy atom. The van der Waals surface area contributed by atoms with Crippen molar-refractivity contribution in [2.45, 2.75) is 32.4 Å². The molecule has 2 N–H and O–H groups in total. The lowest BCUT2D eigenvalue weighted by Crippen LogP contribution is -2.34. The molecule has 0 heterocycles. The molecule has 0 amide bonds. The van der Waals surface area contributed by atoms with Gasteiger partial charge in [-0.3, -0.25) is 0 Å². The number of hydrogen-bond acceptors (Lipinski definition) is 2. The van der Waals surface area contributed by atoms with E-state index in [1.165, 1.54) is 16.7 Å². The summed E-state index contributed by atoms with van der Waals surface area (Å²) in [5, 5.41) is 13.0. The van der Waals surface area contributed by atoms with Crippen molar-refractivity contribution in [3.8, 4) is 0 Å². The van der Waals surface area contributed by atoms with Crippen LogP contribution in [-0.2, 0) is 19.4 Å². The standard InChI is InChI=1S/C18H23NO/c1-2-16-10-6-7-11-17(16)13-19-18(14-20)12-15-8-4-3-5-9-15/h3-11,18-20H,2,12-14H2,1H3/t18-/m1/s1. The van der Waals surface area contributed by atoms with Gasteiger partial charge in [-0.05, 0) is 29.5 Å². The van der Waals surface area contributed by atoms with E-state index in [9.17, 15) is 5.11 Å². The second kappa shape index (κ2) is 7.83. The van der Waals surface area contributed by atoms with Gasteiger partial charge in [-0.1, -0.05) is 61.5 Å². The molecule has 2 aromatic rings. The lowest BCUT2D eigenvalue weighted by molar-refractivity contribution is 0.240. The third kappa shape index (κ3) is 4.19. The molecule has 106 valence electrons. The maximum atomic E-state index is 9.53. The van der Waals surface area contributed by atoms with Crippen molar-refractivity contribution >= 4 is 0 Å². The number of aliphatic hydroxyl groups excluding tert-OH is 1. The Kier molecular flexibility index (Phi) is 5.78. The Morgan fingerprint density at radius 2 is 1.60 bits per heavy atom. The molecule has 0 unspecified atom stereocenters. The Morgan fingerprint density at radius 3 is 2.25 bits per heavy atom. The van der Waals surface area contributed by atoms with Gasteiger partial charge in [0, 0.05) is 12.6 Å². The minimum atomic E-state index is 0.0994. The lowest BCUT2D eigenvalue weighted by atomic mass is 10.0. The van der Waals surface area contributed by atoms with E-state index in [0.717, 1.165) is 19.4 Å². The Hall–Kier alpha value is -1.64. The third-order valence-electron chi connectivity index (χ3n) is 3.63.